The summed E-state index contributed by atoms with van der Waals surface area (Å²) < 4.78 is 15.7. The zero-order valence-electron chi connectivity index (χ0n) is 14.7. The Morgan fingerprint density at radius 1 is 1.07 bits per heavy atom. The van der Waals surface area contributed by atoms with Crippen LogP contribution < -0.4 is 10.9 Å². The number of hydrogen-bond acceptors (Lipinski definition) is 4. The van der Waals surface area contributed by atoms with Gasteiger partial charge < -0.3 is 5.32 Å². The van der Waals surface area contributed by atoms with Gasteiger partial charge in [0.2, 0.25) is 5.91 Å². The number of nitrogens with zero attached hydrogens (tertiary/aromatic N) is 4. The third-order valence-electron chi connectivity index (χ3n) is 4.27. The SMILES string of the molecule is O=C(Cn1cnc2c(cnn2-c2ccccc2)c1=O)NCc1ccc(F)cc1. The summed E-state index contributed by atoms with van der Waals surface area (Å²) in [4.78, 5) is 29.1. The molecule has 2 aromatic carbocycles. The molecule has 0 aliphatic heterocycles. The molecule has 0 spiro atoms. The molecule has 2 heterocycles. The Morgan fingerprint density at radius 2 is 1.82 bits per heavy atom. The van der Waals surface area contributed by atoms with Crippen LogP contribution in [-0.4, -0.2) is 25.2 Å². The lowest BCUT2D eigenvalue weighted by Gasteiger charge is -2.08. The van der Waals surface area contributed by atoms with Gasteiger partial charge in [-0.1, -0.05) is 30.3 Å². The zero-order valence-corrected chi connectivity index (χ0v) is 14.7. The molecule has 7 nitrogen and oxygen atoms in total. The summed E-state index contributed by atoms with van der Waals surface area (Å²) in [5, 5.41) is 7.27. The number of amides is 1. The molecule has 1 N–H and O–H groups in total. The third-order valence-corrected chi connectivity index (χ3v) is 4.27. The molecular formula is C20H16FN5O2. The second kappa shape index (κ2) is 7.43. The molecule has 0 aliphatic carbocycles. The van der Waals surface area contributed by atoms with E-state index in [-0.39, 0.29) is 30.4 Å². The Morgan fingerprint density at radius 3 is 2.57 bits per heavy atom. The van der Waals surface area contributed by atoms with Gasteiger partial charge in [0, 0.05) is 6.54 Å². The van der Waals surface area contributed by atoms with E-state index in [9.17, 15) is 14.0 Å². The molecule has 0 unspecified atom stereocenters. The lowest BCUT2D eigenvalue weighted by molar-refractivity contribution is -0.121. The van der Waals surface area contributed by atoms with Gasteiger partial charge in [0.25, 0.3) is 5.56 Å². The van der Waals surface area contributed by atoms with Crippen LogP contribution in [0.4, 0.5) is 4.39 Å². The van der Waals surface area contributed by atoms with Crippen LogP contribution in [0.3, 0.4) is 0 Å². The maximum absolute atomic E-state index is 12.9. The van der Waals surface area contributed by atoms with Crippen LogP contribution >= 0.6 is 0 Å². The molecule has 0 saturated carbocycles. The monoisotopic (exact) mass is 377 g/mol. The fraction of sp³-hybridized carbons (Fsp3) is 0.100. The number of para-hydroxylation sites is 1. The summed E-state index contributed by atoms with van der Waals surface area (Å²) in [5.41, 5.74) is 1.64. The highest BCUT2D eigenvalue weighted by Gasteiger charge is 2.13. The van der Waals surface area contributed by atoms with Gasteiger partial charge in [-0.25, -0.2) is 14.1 Å². The molecule has 2 aromatic heterocycles. The van der Waals surface area contributed by atoms with Crippen molar-refractivity contribution in [3.63, 3.8) is 0 Å². The van der Waals surface area contributed by atoms with E-state index in [4.69, 9.17) is 0 Å². The van der Waals surface area contributed by atoms with Crippen molar-refractivity contribution >= 4 is 16.9 Å². The quantitative estimate of drug-likeness (QED) is 0.577. The molecule has 0 bridgehead atoms. The highest BCUT2D eigenvalue weighted by atomic mass is 19.1. The van der Waals surface area contributed by atoms with Gasteiger partial charge in [-0.2, -0.15) is 5.10 Å². The van der Waals surface area contributed by atoms with Crippen molar-refractivity contribution in [3.05, 3.63) is 88.9 Å². The number of halogens is 1. The highest BCUT2D eigenvalue weighted by molar-refractivity contribution is 5.77. The first-order valence-electron chi connectivity index (χ1n) is 8.61. The van der Waals surface area contributed by atoms with E-state index < -0.39 is 0 Å². The predicted molar refractivity (Wildman–Crippen MR) is 101 cm³/mol. The van der Waals surface area contributed by atoms with E-state index in [1.807, 2.05) is 30.3 Å². The molecular weight excluding hydrogens is 361 g/mol. The van der Waals surface area contributed by atoms with Gasteiger partial charge in [-0.3, -0.25) is 14.2 Å². The van der Waals surface area contributed by atoms with Crippen molar-refractivity contribution < 1.29 is 9.18 Å². The number of benzene rings is 2. The lowest BCUT2D eigenvalue weighted by atomic mass is 10.2. The second-order valence-electron chi connectivity index (χ2n) is 6.21. The number of nitrogens with one attached hydrogen (secondary N) is 1. The second-order valence-corrected chi connectivity index (χ2v) is 6.21. The summed E-state index contributed by atoms with van der Waals surface area (Å²) in [5.74, 6) is -0.680. The van der Waals surface area contributed by atoms with E-state index in [2.05, 4.69) is 15.4 Å². The largest absolute Gasteiger partial charge is 0.350 e. The Bertz CT molecular complexity index is 1180. The number of hydrogen-bond donors (Lipinski definition) is 1. The normalized spacial score (nSPS) is 10.9. The highest BCUT2D eigenvalue weighted by Crippen LogP contribution is 2.12. The molecule has 8 heteroatoms. The predicted octanol–water partition coefficient (Wildman–Crippen LogP) is 2.04. The first-order chi connectivity index (χ1) is 13.6. The van der Waals surface area contributed by atoms with E-state index >= 15 is 0 Å². The van der Waals surface area contributed by atoms with Gasteiger partial charge in [0.15, 0.2) is 5.65 Å². The molecule has 1 amide bonds. The molecule has 140 valence electrons. The molecule has 0 atom stereocenters. The molecule has 4 aromatic rings. The van der Waals surface area contributed by atoms with E-state index in [0.29, 0.717) is 11.0 Å². The van der Waals surface area contributed by atoms with Gasteiger partial charge in [-0.15, -0.1) is 0 Å². The summed E-state index contributed by atoms with van der Waals surface area (Å²) in [6.07, 6.45) is 2.79. The number of carbonyl (C=O) groups excluding carboxylic acids is 1. The number of aromatic nitrogens is 4. The van der Waals surface area contributed by atoms with Gasteiger partial charge in [-0.05, 0) is 29.8 Å². The average Bonchev–Trinajstić information content (AvgIpc) is 3.15. The van der Waals surface area contributed by atoms with Crippen molar-refractivity contribution in [3.8, 4) is 5.69 Å². The maximum Gasteiger partial charge on any atom is 0.264 e. The van der Waals surface area contributed by atoms with Crippen LogP contribution in [-0.2, 0) is 17.9 Å². The first-order valence-corrected chi connectivity index (χ1v) is 8.61. The van der Waals surface area contributed by atoms with Crippen molar-refractivity contribution in [2.45, 2.75) is 13.1 Å². The summed E-state index contributed by atoms with van der Waals surface area (Å²) in [6.45, 7) is 0.0783. The Balaban J connectivity index is 1.51. The average molecular weight is 377 g/mol. The van der Waals surface area contributed by atoms with Crippen molar-refractivity contribution in [1.29, 1.82) is 0 Å². The van der Waals surface area contributed by atoms with E-state index in [1.54, 1.807) is 16.8 Å². The number of carbonyl (C=O) groups is 1. The van der Waals surface area contributed by atoms with E-state index in [1.165, 1.54) is 29.2 Å². The number of fused-ring (bicyclic) bond motifs is 1. The zero-order chi connectivity index (χ0) is 19.5. The first kappa shape index (κ1) is 17.6. The topological polar surface area (TPSA) is 81.8 Å². The smallest absolute Gasteiger partial charge is 0.264 e. The molecule has 0 aliphatic rings. The van der Waals surface area contributed by atoms with Crippen LogP contribution in [0.1, 0.15) is 5.56 Å². The van der Waals surface area contributed by atoms with Gasteiger partial charge >= 0.3 is 0 Å². The Kier molecular flexibility index (Phi) is 4.67. The van der Waals surface area contributed by atoms with Crippen LogP contribution in [0.25, 0.3) is 16.7 Å². The van der Waals surface area contributed by atoms with Crippen molar-refractivity contribution in [1.82, 2.24) is 24.6 Å². The van der Waals surface area contributed by atoms with Crippen molar-refractivity contribution in [2.24, 2.45) is 0 Å². The molecule has 4 rings (SSSR count). The molecule has 0 radical (unpaired) electrons. The minimum atomic E-state index is -0.344. The maximum atomic E-state index is 12.9. The minimum absolute atomic E-state index is 0.167. The standard InChI is InChI=1S/C20H16FN5O2/c21-15-8-6-14(7-9-15)10-22-18(27)12-25-13-23-19-17(20(25)28)11-24-26(19)16-4-2-1-3-5-16/h1-9,11,13H,10,12H2,(H,22,27). The summed E-state index contributed by atoms with van der Waals surface area (Å²) >= 11 is 0. The fourth-order valence-electron chi connectivity index (χ4n) is 2.83. The molecule has 28 heavy (non-hydrogen) atoms. The molecule has 0 fully saturated rings. The third kappa shape index (κ3) is 3.52. The van der Waals surface area contributed by atoms with Crippen molar-refractivity contribution in [2.75, 3.05) is 0 Å². The summed E-state index contributed by atoms with van der Waals surface area (Å²) in [6, 6.07) is 15.2. The number of rotatable bonds is 5. The lowest BCUT2D eigenvalue weighted by Crippen LogP contribution is -2.32. The summed E-state index contributed by atoms with van der Waals surface area (Å²) in [7, 11) is 0. The van der Waals surface area contributed by atoms with Gasteiger partial charge in [0.1, 0.15) is 24.1 Å². The molecule has 0 saturated heterocycles. The van der Waals surface area contributed by atoms with Gasteiger partial charge in [0.05, 0.1) is 11.9 Å². The minimum Gasteiger partial charge on any atom is -0.350 e. The Hall–Kier alpha value is -3.81. The van der Waals surface area contributed by atoms with Crippen LogP contribution in [0, 0.1) is 5.82 Å². The van der Waals surface area contributed by atoms with E-state index in [0.717, 1.165) is 11.3 Å². The van der Waals surface area contributed by atoms with Crippen LogP contribution in [0.5, 0.6) is 0 Å². The fourth-order valence-corrected chi connectivity index (χ4v) is 2.83. The van der Waals surface area contributed by atoms with Crippen LogP contribution in [0.15, 0.2) is 71.9 Å². The van der Waals surface area contributed by atoms with Crippen LogP contribution in [0.2, 0.25) is 0 Å². The Labute approximate surface area is 159 Å².